The molecule has 2 rings (SSSR count). The lowest BCUT2D eigenvalue weighted by atomic mass is 9.99. The summed E-state index contributed by atoms with van der Waals surface area (Å²) in [5.74, 6) is 0.628. The van der Waals surface area contributed by atoms with Crippen LogP contribution in [0.4, 0.5) is 0 Å². The van der Waals surface area contributed by atoms with Crippen molar-refractivity contribution >= 4 is 0 Å². The molecule has 1 atom stereocenters. The largest absolute Gasteiger partial charge is 0.396 e. The number of aliphatic hydroxyl groups is 1. The van der Waals surface area contributed by atoms with Crippen molar-refractivity contribution in [2.45, 2.75) is 45.1 Å². The first-order valence-electron chi connectivity index (χ1n) is 7.24. The van der Waals surface area contributed by atoms with Gasteiger partial charge < -0.3 is 10.4 Å². The first-order valence-corrected chi connectivity index (χ1v) is 7.24. The third kappa shape index (κ3) is 3.56. The highest BCUT2D eigenvalue weighted by Crippen LogP contribution is 2.22. The molecule has 0 spiro atoms. The van der Waals surface area contributed by atoms with Gasteiger partial charge in [0.15, 0.2) is 0 Å². The summed E-state index contributed by atoms with van der Waals surface area (Å²) < 4.78 is 0. The number of fused-ring (bicyclic) bond motifs is 1. The maximum absolute atomic E-state index is 9.07. The van der Waals surface area contributed by atoms with Crippen LogP contribution < -0.4 is 5.32 Å². The Balaban J connectivity index is 1.78. The summed E-state index contributed by atoms with van der Waals surface area (Å²) >= 11 is 0. The zero-order valence-corrected chi connectivity index (χ0v) is 11.4. The van der Waals surface area contributed by atoms with Crippen molar-refractivity contribution < 1.29 is 5.11 Å². The van der Waals surface area contributed by atoms with E-state index in [2.05, 4.69) is 36.5 Å². The van der Waals surface area contributed by atoms with Gasteiger partial charge in [-0.25, -0.2) is 0 Å². The van der Waals surface area contributed by atoms with Crippen molar-refractivity contribution in [1.82, 2.24) is 5.32 Å². The Morgan fingerprint density at radius 2 is 1.89 bits per heavy atom. The zero-order valence-electron chi connectivity index (χ0n) is 11.4. The number of rotatable bonds is 7. The SMILES string of the molecule is CCCC(CCO)CNC1Cc2ccccc2C1. The van der Waals surface area contributed by atoms with E-state index in [-0.39, 0.29) is 0 Å². The summed E-state index contributed by atoms with van der Waals surface area (Å²) in [6, 6.07) is 9.35. The van der Waals surface area contributed by atoms with E-state index < -0.39 is 0 Å². The van der Waals surface area contributed by atoms with Gasteiger partial charge in [-0.2, -0.15) is 0 Å². The predicted octanol–water partition coefficient (Wildman–Crippen LogP) is 2.54. The highest BCUT2D eigenvalue weighted by atomic mass is 16.3. The summed E-state index contributed by atoms with van der Waals surface area (Å²) in [5, 5.41) is 12.8. The molecule has 1 aliphatic carbocycles. The van der Waals surface area contributed by atoms with Crippen molar-refractivity contribution in [3.05, 3.63) is 35.4 Å². The van der Waals surface area contributed by atoms with Crippen LogP contribution in [-0.2, 0) is 12.8 Å². The molecule has 1 aromatic rings. The van der Waals surface area contributed by atoms with Gasteiger partial charge in [0.2, 0.25) is 0 Å². The van der Waals surface area contributed by atoms with Gasteiger partial charge in [-0.05, 0) is 49.3 Å². The second kappa shape index (κ2) is 6.91. The molecular weight excluding hydrogens is 222 g/mol. The number of hydrogen-bond donors (Lipinski definition) is 2. The molecule has 0 aromatic heterocycles. The van der Waals surface area contributed by atoms with E-state index in [1.165, 1.54) is 24.0 Å². The second-order valence-corrected chi connectivity index (χ2v) is 5.45. The van der Waals surface area contributed by atoms with Gasteiger partial charge in [-0.15, -0.1) is 0 Å². The van der Waals surface area contributed by atoms with E-state index in [1.807, 2.05) is 0 Å². The fourth-order valence-electron chi connectivity index (χ4n) is 2.98. The quantitative estimate of drug-likeness (QED) is 0.776. The smallest absolute Gasteiger partial charge is 0.0434 e. The Morgan fingerprint density at radius 1 is 1.22 bits per heavy atom. The number of benzene rings is 1. The third-order valence-corrected chi connectivity index (χ3v) is 3.98. The van der Waals surface area contributed by atoms with Gasteiger partial charge in [0, 0.05) is 12.6 Å². The van der Waals surface area contributed by atoms with Crippen molar-refractivity contribution in [2.24, 2.45) is 5.92 Å². The standard InChI is InChI=1S/C16H25NO/c1-2-5-13(8-9-18)12-17-16-10-14-6-3-4-7-15(14)11-16/h3-4,6-7,13,16-18H,2,5,8-12H2,1H3. The Hall–Kier alpha value is -0.860. The van der Waals surface area contributed by atoms with Crippen LogP contribution in [0.15, 0.2) is 24.3 Å². The minimum absolute atomic E-state index is 0.317. The van der Waals surface area contributed by atoms with E-state index >= 15 is 0 Å². The molecular formula is C16H25NO. The average Bonchev–Trinajstić information content (AvgIpc) is 2.79. The maximum Gasteiger partial charge on any atom is 0.0434 e. The molecule has 2 nitrogen and oxygen atoms in total. The van der Waals surface area contributed by atoms with Crippen LogP contribution in [0.5, 0.6) is 0 Å². The van der Waals surface area contributed by atoms with Gasteiger partial charge in [0.05, 0.1) is 0 Å². The summed E-state index contributed by atoms with van der Waals surface area (Å²) in [4.78, 5) is 0. The highest BCUT2D eigenvalue weighted by molar-refractivity contribution is 5.33. The molecule has 2 N–H and O–H groups in total. The predicted molar refractivity (Wildman–Crippen MR) is 75.7 cm³/mol. The van der Waals surface area contributed by atoms with Crippen LogP contribution in [0.3, 0.4) is 0 Å². The molecule has 100 valence electrons. The molecule has 2 heteroatoms. The highest BCUT2D eigenvalue weighted by Gasteiger charge is 2.21. The van der Waals surface area contributed by atoms with Crippen molar-refractivity contribution in [3.8, 4) is 0 Å². The number of aliphatic hydroxyl groups excluding tert-OH is 1. The van der Waals surface area contributed by atoms with Crippen molar-refractivity contribution in [3.63, 3.8) is 0 Å². The minimum Gasteiger partial charge on any atom is -0.396 e. The van der Waals surface area contributed by atoms with Crippen LogP contribution in [0.25, 0.3) is 0 Å². The van der Waals surface area contributed by atoms with Crippen LogP contribution in [0.1, 0.15) is 37.3 Å². The fraction of sp³-hybridized carbons (Fsp3) is 0.625. The van der Waals surface area contributed by atoms with E-state index in [4.69, 9.17) is 5.11 Å². The van der Waals surface area contributed by atoms with Gasteiger partial charge in [-0.3, -0.25) is 0 Å². The molecule has 0 fully saturated rings. The number of hydrogen-bond acceptors (Lipinski definition) is 2. The van der Waals surface area contributed by atoms with Gasteiger partial charge in [0.25, 0.3) is 0 Å². The first kappa shape index (κ1) is 13.6. The molecule has 1 unspecified atom stereocenters. The van der Waals surface area contributed by atoms with E-state index in [0.29, 0.717) is 18.6 Å². The molecule has 18 heavy (non-hydrogen) atoms. The van der Waals surface area contributed by atoms with Crippen molar-refractivity contribution in [1.29, 1.82) is 0 Å². The molecule has 0 saturated heterocycles. The van der Waals surface area contributed by atoms with Crippen LogP contribution in [0, 0.1) is 5.92 Å². The van der Waals surface area contributed by atoms with E-state index in [1.54, 1.807) is 0 Å². The summed E-state index contributed by atoms with van der Waals surface area (Å²) in [6.45, 7) is 3.58. The molecule has 0 heterocycles. The van der Waals surface area contributed by atoms with Crippen LogP contribution >= 0.6 is 0 Å². The van der Waals surface area contributed by atoms with Gasteiger partial charge in [0.1, 0.15) is 0 Å². The lowest BCUT2D eigenvalue weighted by molar-refractivity contribution is 0.245. The summed E-state index contributed by atoms with van der Waals surface area (Å²) in [6.07, 6.45) is 5.67. The van der Waals surface area contributed by atoms with E-state index in [9.17, 15) is 0 Å². The van der Waals surface area contributed by atoms with Gasteiger partial charge >= 0.3 is 0 Å². The van der Waals surface area contributed by atoms with Crippen molar-refractivity contribution in [2.75, 3.05) is 13.2 Å². The fourth-order valence-corrected chi connectivity index (χ4v) is 2.98. The van der Waals surface area contributed by atoms with Crippen LogP contribution in [0.2, 0.25) is 0 Å². The maximum atomic E-state index is 9.07. The topological polar surface area (TPSA) is 32.3 Å². The summed E-state index contributed by atoms with van der Waals surface area (Å²) in [7, 11) is 0. The Labute approximate surface area is 110 Å². The molecule has 1 aliphatic rings. The lowest BCUT2D eigenvalue weighted by Crippen LogP contribution is -2.34. The van der Waals surface area contributed by atoms with Crippen LogP contribution in [-0.4, -0.2) is 24.3 Å². The third-order valence-electron chi connectivity index (χ3n) is 3.98. The lowest BCUT2D eigenvalue weighted by Gasteiger charge is -2.19. The molecule has 0 amide bonds. The Morgan fingerprint density at radius 3 is 2.44 bits per heavy atom. The number of nitrogens with one attached hydrogen (secondary N) is 1. The van der Waals surface area contributed by atoms with E-state index in [0.717, 1.165) is 25.8 Å². The average molecular weight is 247 g/mol. The molecule has 0 radical (unpaired) electrons. The normalized spacial score (nSPS) is 16.8. The molecule has 0 aliphatic heterocycles. The second-order valence-electron chi connectivity index (χ2n) is 5.45. The first-order chi connectivity index (χ1) is 8.83. The molecule has 0 bridgehead atoms. The molecule has 1 aromatic carbocycles. The Bertz CT molecular complexity index is 333. The van der Waals surface area contributed by atoms with Gasteiger partial charge in [-0.1, -0.05) is 37.6 Å². The summed E-state index contributed by atoms with van der Waals surface area (Å²) in [5.41, 5.74) is 3.01. The minimum atomic E-state index is 0.317. The molecule has 0 saturated carbocycles. The Kier molecular flexibility index (Phi) is 5.21. The zero-order chi connectivity index (χ0) is 12.8. The monoisotopic (exact) mass is 247 g/mol.